The quantitative estimate of drug-likeness (QED) is 0.625. The summed E-state index contributed by atoms with van der Waals surface area (Å²) in [6, 6.07) is 0. The highest BCUT2D eigenvalue weighted by Crippen LogP contribution is 2.31. The van der Waals surface area contributed by atoms with Crippen molar-refractivity contribution in [3.63, 3.8) is 0 Å². The summed E-state index contributed by atoms with van der Waals surface area (Å²) >= 11 is 0. The standard InChI is InChI=1S/C12H18N/c1-2-3-7-11-9-10-6-4-5-8-12(10)13-11/h9H,2-8H2,1H3. The van der Waals surface area contributed by atoms with Crippen LogP contribution < -0.4 is 5.32 Å². The molecule has 0 fully saturated rings. The molecule has 13 heavy (non-hydrogen) atoms. The summed E-state index contributed by atoms with van der Waals surface area (Å²) in [4.78, 5) is 0. The minimum atomic E-state index is 1.18. The molecule has 1 radical (unpaired) electrons. The summed E-state index contributed by atoms with van der Waals surface area (Å²) in [6.45, 7) is 2.24. The normalized spacial score (nSPS) is 21.2. The highest BCUT2D eigenvalue weighted by atomic mass is 14.9. The van der Waals surface area contributed by atoms with Gasteiger partial charge in [-0.3, -0.25) is 5.32 Å². The zero-order valence-corrected chi connectivity index (χ0v) is 8.47. The Morgan fingerprint density at radius 2 is 2.15 bits per heavy atom. The van der Waals surface area contributed by atoms with Crippen molar-refractivity contribution < 1.29 is 0 Å². The first kappa shape index (κ1) is 8.86. The minimum absolute atomic E-state index is 1.18. The van der Waals surface area contributed by atoms with Gasteiger partial charge in [-0.2, -0.15) is 0 Å². The van der Waals surface area contributed by atoms with E-state index in [0.29, 0.717) is 0 Å². The maximum absolute atomic E-state index is 4.69. The Kier molecular flexibility index (Phi) is 2.72. The van der Waals surface area contributed by atoms with Crippen LogP contribution in [0.25, 0.3) is 0 Å². The van der Waals surface area contributed by atoms with E-state index in [4.69, 9.17) is 0 Å². The first-order valence-electron chi connectivity index (χ1n) is 5.54. The van der Waals surface area contributed by atoms with Gasteiger partial charge in [0.15, 0.2) is 0 Å². The lowest BCUT2D eigenvalue weighted by atomic mass is 9.98. The first-order chi connectivity index (χ1) is 6.40. The van der Waals surface area contributed by atoms with E-state index in [2.05, 4.69) is 18.3 Å². The van der Waals surface area contributed by atoms with E-state index in [-0.39, 0.29) is 0 Å². The molecular weight excluding hydrogens is 158 g/mol. The van der Waals surface area contributed by atoms with Gasteiger partial charge in [0.1, 0.15) is 0 Å². The van der Waals surface area contributed by atoms with Crippen LogP contribution in [-0.2, 0) is 0 Å². The van der Waals surface area contributed by atoms with Gasteiger partial charge in [0, 0.05) is 11.4 Å². The maximum atomic E-state index is 4.69. The number of unbranched alkanes of at least 4 members (excludes halogenated alkanes) is 1. The molecule has 0 aromatic carbocycles. The van der Waals surface area contributed by atoms with E-state index in [9.17, 15) is 0 Å². The molecule has 1 aliphatic carbocycles. The Bertz CT molecular complexity index is 248. The number of rotatable bonds is 3. The van der Waals surface area contributed by atoms with Crippen LogP contribution in [0.5, 0.6) is 0 Å². The van der Waals surface area contributed by atoms with Gasteiger partial charge < -0.3 is 0 Å². The lowest BCUT2D eigenvalue weighted by molar-refractivity contribution is 0.652. The highest BCUT2D eigenvalue weighted by molar-refractivity contribution is 5.37. The topological polar surface area (TPSA) is 14.1 Å². The molecule has 0 saturated heterocycles. The van der Waals surface area contributed by atoms with Crippen LogP contribution in [0.1, 0.15) is 51.9 Å². The van der Waals surface area contributed by atoms with Gasteiger partial charge >= 0.3 is 0 Å². The molecular formula is C12H18N. The van der Waals surface area contributed by atoms with Gasteiger partial charge in [0.25, 0.3) is 0 Å². The van der Waals surface area contributed by atoms with E-state index in [1.54, 1.807) is 0 Å². The van der Waals surface area contributed by atoms with Crippen molar-refractivity contribution in [3.8, 4) is 0 Å². The Balaban J connectivity index is 1.92. The van der Waals surface area contributed by atoms with Crippen LogP contribution in [0.4, 0.5) is 0 Å². The molecule has 0 saturated carbocycles. The van der Waals surface area contributed by atoms with Gasteiger partial charge in [-0.25, -0.2) is 0 Å². The van der Waals surface area contributed by atoms with Crippen molar-refractivity contribution >= 4 is 0 Å². The van der Waals surface area contributed by atoms with Crippen molar-refractivity contribution in [3.05, 3.63) is 23.0 Å². The third-order valence-electron chi connectivity index (χ3n) is 2.89. The van der Waals surface area contributed by atoms with Gasteiger partial charge in [-0.15, -0.1) is 0 Å². The molecule has 0 bridgehead atoms. The average Bonchev–Trinajstić information content (AvgIpc) is 2.57. The number of allylic oxidation sites excluding steroid dienone is 4. The average molecular weight is 176 g/mol. The van der Waals surface area contributed by atoms with Crippen molar-refractivity contribution in [1.29, 1.82) is 0 Å². The Morgan fingerprint density at radius 3 is 2.92 bits per heavy atom. The monoisotopic (exact) mass is 176 g/mol. The summed E-state index contributed by atoms with van der Waals surface area (Å²) in [6.07, 6.45) is 11.3. The van der Waals surface area contributed by atoms with Crippen molar-refractivity contribution in [1.82, 2.24) is 5.32 Å². The zero-order chi connectivity index (χ0) is 9.10. The van der Waals surface area contributed by atoms with E-state index in [1.165, 1.54) is 61.9 Å². The smallest absolute Gasteiger partial charge is 0.0439 e. The molecule has 71 valence electrons. The predicted molar refractivity (Wildman–Crippen MR) is 55.2 cm³/mol. The van der Waals surface area contributed by atoms with Gasteiger partial charge in [-0.1, -0.05) is 13.3 Å². The molecule has 0 aromatic heterocycles. The molecule has 0 unspecified atom stereocenters. The second-order valence-electron chi connectivity index (χ2n) is 4.03. The fraction of sp³-hybridized carbons (Fsp3) is 0.667. The maximum Gasteiger partial charge on any atom is 0.0439 e. The third kappa shape index (κ3) is 1.96. The molecule has 1 heteroatoms. The molecule has 0 amide bonds. The van der Waals surface area contributed by atoms with Gasteiger partial charge in [-0.05, 0) is 50.2 Å². The number of hydrogen-bond acceptors (Lipinski definition) is 0. The van der Waals surface area contributed by atoms with Crippen LogP contribution in [0.15, 0.2) is 23.0 Å². The summed E-state index contributed by atoms with van der Waals surface area (Å²) in [5.74, 6) is 0. The van der Waals surface area contributed by atoms with Crippen LogP contribution in [0.2, 0.25) is 0 Å². The summed E-state index contributed by atoms with van der Waals surface area (Å²) in [5, 5.41) is 4.69. The summed E-state index contributed by atoms with van der Waals surface area (Å²) in [5.41, 5.74) is 4.28. The second-order valence-corrected chi connectivity index (χ2v) is 4.03. The van der Waals surface area contributed by atoms with Crippen LogP contribution in [0, 0.1) is 0 Å². The SMILES string of the molecule is CCCCC1=CC2=C(CCCC2)[N]1. The number of hydrogen-bond donors (Lipinski definition) is 0. The van der Waals surface area contributed by atoms with E-state index >= 15 is 0 Å². The predicted octanol–water partition coefficient (Wildman–Crippen LogP) is 3.51. The van der Waals surface area contributed by atoms with Crippen molar-refractivity contribution in [2.24, 2.45) is 0 Å². The molecule has 1 aliphatic heterocycles. The van der Waals surface area contributed by atoms with Gasteiger partial charge in [0.05, 0.1) is 0 Å². The van der Waals surface area contributed by atoms with E-state index in [1.807, 2.05) is 0 Å². The zero-order valence-electron chi connectivity index (χ0n) is 8.47. The molecule has 1 heterocycles. The van der Waals surface area contributed by atoms with Crippen LogP contribution >= 0.6 is 0 Å². The van der Waals surface area contributed by atoms with Crippen LogP contribution in [-0.4, -0.2) is 0 Å². The Labute approximate surface area is 80.9 Å². The van der Waals surface area contributed by atoms with Crippen molar-refractivity contribution in [2.45, 2.75) is 51.9 Å². The fourth-order valence-corrected chi connectivity index (χ4v) is 2.09. The van der Waals surface area contributed by atoms with Crippen LogP contribution in [0.3, 0.4) is 0 Å². The largest absolute Gasteiger partial charge is 0.258 e. The van der Waals surface area contributed by atoms with E-state index in [0.717, 1.165) is 0 Å². The lowest BCUT2D eigenvalue weighted by Gasteiger charge is -2.11. The molecule has 2 aliphatic rings. The highest BCUT2D eigenvalue weighted by Gasteiger charge is 2.19. The third-order valence-corrected chi connectivity index (χ3v) is 2.89. The summed E-state index contributed by atoms with van der Waals surface area (Å²) < 4.78 is 0. The molecule has 2 rings (SSSR count). The fourth-order valence-electron chi connectivity index (χ4n) is 2.09. The van der Waals surface area contributed by atoms with E-state index < -0.39 is 0 Å². The summed E-state index contributed by atoms with van der Waals surface area (Å²) in [7, 11) is 0. The molecule has 0 aromatic rings. The molecule has 0 spiro atoms. The minimum Gasteiger partial charge on any atom is -0.258 e. The lowest BCUT2D eigenvalue weighted by Crippen LogP contribution is -2.03. The molecule has 0 N–H and O–H groups in total. The first-order valence-corrected chi connectivity index (χ1v) is 5.54. The Morgan fingerprint density at radius 1 is 1.31 bits per heavy atom. The second kappa shape index (κ2) is 3.99. The molecule has 0 atom stereocenters. The van der Waals surface area contributed by atoms with Gasteiger partial charge in [0.2, 0.25) is 0 Å². The Hall–Kier alpha value is -0.720. The van der Waals surface area contributed by atoms with Crippen molar-refractivity contribution in [2.75, 3.05) is 0 Å². The number of nitrogens with zero attached hydrogens (tertiary/aromatic N) is 1. The molecule has 1 nitrogen and oxygen atoms in total.